The largest absolute Gasteiger partial charge is 0.342 e. The number of amides is 1. The third-order valence-corrected chi connectivity index (χ3v) is 5.19. The molecule has 0 bridgehead atoms. The Hall–Kier alpha value is -0.570. The molecule has 3 nitrogen and oxygen atoms in total. The van der Waals surface area contributed by atoms with E-state index in [1.54, 1.807) is 0 Å². The molecule has 2 rings (SSSR count). The normalized spacial score (nSPS) is 27.3. The fraction of sp³-hybridized carbons (Fsp3) is 0.938. The molecule has 2 N–H and O–H groups in total. The number of nitrogens with two attached hydrogens (primary N) is 1. The van der Waals surface area contributed by atoms with Crippen molar-refractivity contribution in [1.29, 1.82) is 0 Å². The molecule has 0 aromatic rings. The van der Waals surface area contributed by atoms with Crippen LogP contribution in [0, 0.1) is 16.7 Å². The van der Waals surface area contributed by atoms with Gasteiger partial charge in [-0.05, 0) is 55.4 Å². The number of carbonyl (C=O) groups excluding carboxylic acids is 1. The predicted octanol–water partition coefficient (Wildman–Crippen LogP) is 2.79. The van der Waals surface area contributed by atoms with E-state index < -0.39 is 0 Å². The first-order valence-electron chi connectivity index (χ1n) is 7.84. The standard InChI is InChI=1S/C16H30N2O/c1-15(2,3)13-4-5-14(19)18(11-6-13)12-16(7-8-16)9-10-17/h13H,4-12,17H2,1-3H3. The molecule has 1 unspecified atom stereocenters. The molecule has 2 aliphatic rings. The summed E-state index contributed by atoms with van der Waals surface area (Å²) in [4.78, 5) is 14.4. The fourth-order valence-corrected chi connectivity index (χ4v) is 3.44. The summed E-state index contributed by atoms with van der Waals surface area (Å²) >= 11 is 0. The fourth-order valence-electron chi connectivity index (χ4n) is 3.44. The van der Waals surface area contributed by atoms with Crippen LogP contribution in [-0.4, -0.2) is 30.4 Å². The minimum Gasteiger partial charge on any atom is -0.342 e. The summed E-state index contributed by atoms with van der Waals surface area (Å²) in [5.74, 6) is 1.04. The summed E-state index contributed by atoms with van der Waals surface area (Å²) in [5.41, 5.74) is 6.41. The molecule has 0 spiro atoms. The van der Waals surface area contributed by atoms with Crippen LogP contribution in [0.5, 0.6) is 0 Å². The first-order valence-corrected chi connectivity index (χ1v) is 7.84. The van der Waals surface area contributed by atoms with Crippen molar-refractivity contribution in [2.75, 3.05) is 19.6 Å². The second-order valence-corrected chi connectivity index (χ2v) is 7.74. The molecule has 110 valence electrons. The van der Waals surface area contributed by atoms with E-state index in [4.69, 9.17) is 5.73 Å². The van der Waals surface area contributed by atoms with Gasteiger partial charge in [0.1, 0.15) is 0 Å². The zero-order valence-electron chi connectivity index (χ0n) is 12.9. The highest BCUT2D eigenvalue weighted by molar-refractivity contribution is 5.76. The van der Waals surface area contributed by atoms with Crippen LogP contribution in [0.4, 0.5) is 0 Å². The summed E-state index contributed by atoms with van der Waals surface area (Å²) in [6.45, 7) is 9.57. The van der Waals surface area contributed by atoms with Crippen molar-refractivity contribution in [2.24, 2.45) is 22.5 Å². The number of hydrogen-bond donors (Lipinski definition) is 1. The second-order valence-electron chi connectivity index (χ2n) is 7.74. The van der Waals surface area contributed by atoms with Crippen molar-refractivity contribution >= 4 is 5.91 Å². The molecule has 2 fully saturated rings. The lowest BCUT2D eigenvalue weighted by Crippen LogP contribution is -2.36. The minimum absolute atomic E-state index is 0.324. The summed E-state index contributed by atoms with van der Waals surface area (Å²) < 4.78 is 0. The van der Waals surface area contributed by atoms with Gasteiger partial charge >= 0.3 is 0 Å². The van der Waals surface area contributed by atoms with Crippen LogP contribution in [0.15, 0.2) is 0 Å². The molecule has 0 radical (unpaired) electrons. The van der Waals surface area contributed by atoms with Crippen LogP contribution >= 0.6 is 0 Å². The Morgan fingerprint density at radius 2 is 2.00 bits per heavy atom. The molecule has 0 aromatic carbocycles. The summed E-state index contributed by atoms with van der Waals surface area (Å²) in [6, 6.07) is 0. The summed E-state index contributed by atoms with van der Waals surface area (Å²) in [5, 5.41) is 0. The van der Waals surface area contributed by atoms with E-state index in [1.807, 2.05) is 0 Å². The molecular weight excluding hydrogens is 236 g/mol. The molecule has 1 aliphatic carbocycles. The van der Waals surface area contributed by atoms with Gasteiger partial charge in [-0.3, -0.25) is 4.79 Å². The Bertz CT molecular complexity index is 328. The van der Waals surface area contributed by atoms with E-state index in [2.05, 4.69) is 25.7 Å². The number of likely N-dealkylation sites (tertiary alicyclic amines) is 1. The van der Waals surface area contributed by atoms with Crippen LogP contribution in [0.1, 0.15) is 59.3 Å². The quantitative estimate of drug-likeness (QED) is 0.850. The highest BCUT2D eigenvalue weighted by atomic mass is 16.2. The molecule has 1 atom stereocenters. The van der Waals surface area contributed by atoms with E-state index >= 15 is 0 Å². The van der Waals surface area contributed by atoms with Crippen LogP contribution < -0.4 is 5.73 Å². The van der Waals surface area contributed by atoms with E-state index in [0.717, 1.165) is 45.3 Å². The number of nitrogens with zero attached hydrogens (tertiary/aromatic N) is 1. The Morgan fingerprint density at radius 1 is 1.32 bits per heavy atom. The third kappa shape index (κ3) is 3.71. The maximum absolute atomic E-state index is 12.3. The Kier molecular flexibility index (Phi) is 4.24. The van der Waals surface area contributed by atoms with Gasteiger partial charge in [0.05, 0.1) is 0 Å². The monoisotopic (exact) mass is 266 g/mol. The Balaban J connectivity index is 1.93. The second kappa shape index (κ2) is 5.43. The first kappa shape index (κ1) is 14.8. The summed E-state index contributed by atoms with van der Waals surface area (Å²) in [7, 11) is 0. The van der Waals surface area contributed by atoms with Gasteiger partial charge in [0.25, 0.3) is 0 Å². The van der Waals surface area contributed by atoms with Gasteiger partial charge in [-0.1, -0.05) is 20.8 Å². The molecule has 1 heterocycles. The van der Waals surface area contributed by atoms with Crippen molar-refractivity contribution in [2.45, 2.75) is 59.3 Å². The van der Waals surface area contributed by atoms with Crippen molar-refractivity contribution in [1.82, 2.24) is 4.90 Å². The first-order chi connectivity index (χ1) is 8.86. The lowest BCUT2D eigenvalue weighted by atomic mass is 9.77. The molecule has 1 aliphatic heterocycles. The Labute approximate surface area is 117 Å². The highest BCUT2D eigenvalue weighted by Crippen LogP contribution is 2.49. The summed E-state index contributed by atoms with van der Waals surface area (Å²) in [6.07, 6.45) is 6.56. The van der Waals surface area contributed by atoms with Crippen LogP contribution in [-0.2, 0) is 4.79 Å². The molecule has 3 heteroatoms. The lowest BCUT2D eigenvalue weighted by molar-refractivity contribution is -0.131. The van der Waals surface area contributed by atoms with Gasteiger partial charge in [0.15, 0.2) is 0 Å². The average Bonchev–Trinajstić information content (AvgIpc) is 3.07. The van der Waals surface area contributed by atoms with Gasteiger partial charge in [-0.2, -0.15) is 0 Å². The topological polar surface area (TPSA) is 46.3 Å². The van der Waals surface area contributed by atoms with E-state index in [1.165, 1.54) is 12.8 Å². The molecular formula is C16H30N2O. The molecule has 0 aromatic heterocycles. The number of hydrogen-bond acceptors (Lipinski definition) is 2. The molecule has 1 amide bonds. The highest BCUT2D eigenvalue weighted by Gasteiger charge is 2.44. The van der Waals surface area contributed by atoms with E-state index in [0.29, 0.717) is 22.7 Å². The van der Waals surface area contributed by atoms with Crippen molar-refractivity contribution in [3.8, 4) is 0 Å². The van der Waals surface area contributed by atoms with Gasteiger partial charge in [0.2, 0.25) is 5.91 Å². The molecule has 1 saturated heterocycles. The van der Waals surface area contributed by atoms with Gasteiger partial charge < -0.3 is 10.6 Å². The average molecular weight is 266 g/mol. The van der Waals surface area contributed by atoms with E-state index in [-0.39, 0.29) is 0 Å². The maximum atomic E-state index is 12.3. The predicted molar refractivity (Wildman–Crippen MR) is 78.7 cm³/mol. The molecule has 1 saturated carbocycles. The van der Waals surface area contributed by atoms with Gasteiger partial charge in [0, 0.05) is 19.5 Å². The molecule has 19 heavy (non-hydrogen) atoms. The van der Waals surface area contributed by atoms with Gasteiger partial charge in [-0.25, -0.2) is 0 Å². The van der Waals surface area contributed by atoms with Crippen molar-refractivity contribution < 1.29 is 4.79 Å². The van der Waals surface area contributed by atoms with E-state index in [9.17, 15) is 4.79 Å². The minimum atomic E-state index is 0.324. The number of carbonyl (C=O) groups is 1. The lowest BCUT2D eigenvalue weighted by Gasteiger charge is -2.30. The van der Waals surface area contributed by atoms with Crippen LogP contribution in [0.3, 0.4) is 0 Å². The van der Waals surface area contributed by atoms with Crippen molar-refractivity contribution in [3.05, 3.63) is 0 Å². The maximum Gasteiger partial charge on any atom is 0.222 e. The Morgan fingerprint density at radius 3 is 2.53 bits per heavy atom. The van der Waals surface area contributed by atoms with Gasteiger partial charge in [-0.15, -0.1) is 0 Å². The zero-order valence-corrected chi connectivity index (χ0v) is 12.9. The van der Waals surface area contributed by atoms with Crippen LogP contribution in [0.2, 0.25) is 0 Å². The SMILES string of the molecule is CC(C)(C)C1CCC(=O)N(CC2(CCN)CC2)CC1. The number of rotatable bonds is 4. The smallest absolute Gasteiger partial charge is 0.222 e. The zero-order chi connectivity index (χ0) is 14.1. The van der Waals surface area contributed by atoms with Crippen LogP contribution in [0.25, 0.3) is 0 Å². The third-order valence-electron chi connectivity index (χ3n) is 5.19. The van der Waals surface area contributed by atoms with Crippen molar-refractivity contribution in [3.63, 3.8) is 0 Å².